The lowest BCUT2D eigenvalue weighted by molar-refractivity contribution is -0.141. The van der Waals surface area contributed by atoms with Gasteiger partial charge in [-0.05, 0) is 61.4 Å². The Morgan fingerprint density at radius 3 is 2.33 bits per heavy atom. The third kappa shape index (κ3) is 5.02. The first-order chi connectivity index (χ1) is 14.7. The van der Waals surface area contributed by atoms with Crippen molar-refractivity contribution in [2.75, 3.05) is 23.7 Å². The standard InChI is InChI=1S/C25H31N3O2/c29-23-12-6-7-17-28(23)24(20-10-2-1-3-11-20)25(30)27-22-15-13-21(14-16-22)26-18-19-8-4-5-9-19/h1-3,10-11,13-16,19,24,26H,4-9,12,17-18H2,(H,27,30). The predicted octanol–water partition coefficient (Wildman–Crippen LogP) is 4.98. The van der Waals surface area contributed by atoms with Gasteiger partial charge in [-0.1, -0.05) is 43.2 Å². The molecule has 158 valence electrons. The average Bonchev–Trinajstić information content (AvgIpc) is 3.29. The second-order valence-corrected chi connectivity index (χ2v) is 8.46. The molecule has 0 radical (unpaired) electrons. The quantitative estimate of drug-likeness (QED) is 0.683. The smallest absolute Gasteiger partial charge is 0.251 e. The van der Waals surface area contributed by atoms with Gasteiger partial charge >= 0.3 is 0 Å². The number of hydrogen-bond donors (Lipinski definition) is 2. The first-order valence-corrected chi connectivity index (χ1v) is 11.2. The van der Waals surface area contributed by atoms with Crippen molar-refractivity contribution in [2.45, 2.75) is 51.0 Å². The zero-order chi connectivity index (χ0) is 20.8. The van der Waals surface area contributed by atoms with E-state index in [0.717, 1.165) is 42.2 Å². The van der Waals surface area contributed by atoms with E-state index < -0.39 is 6.04 Å². The van der Waals surface area contributed by atoms with Crippen LogP contribution in [0, 0.1) is 5.92 Å². The maximum absolute atomic E-state index is 13.2. The van der Waals surface area contributed by atoms with Gasteiger partial charge in [-0.15, -0.1) is 0 Å². The van der Waals surface area contributed by atoms with E-state index in [1.165, 1.54) is 25.7 Å². The van der Waals surface area contributed by atoms with Crippen LogP contribution in [-0.2, 0) is 9.59 Å². The number of carbonyl (C=O) groups excluding carboxylic acids is 2. The molecule has 4 rings (SSSR count). The van der Waals surface area contributed by atoms with E-state index in [1.54, 1.807) is 4.90 Å². The van der Waals surface area contributed by atoms with Crippen molar-refractivity contribution in [3.8, 4) is 0 Å². The highest BCUT2D eigenvalue weighted by atomic mass is 16.2. The average molecular weight is 406 g/mol. The maximum Gasteiger partial charge on any atom is 0.251 e. The minimum Gasteiger partial charge on any atom is -0.385 e. The summed E-state index contributed by atoms with van der Waals surface area (Å²) in [5, 5.41) is 6.53. The molecule has 2 N–H and O–H groups in total. The second kappa shape index (κ2) is 9.79. The highest BCUT2D eigenvalue weighted by molar-refractivity contribution is 5.98. The Bertz CT molecular complexity index is 844. The van der Waals surface area contributed by atoms with Gasteiger partial charge in [0.15, 0.2) is 0 Å². The van der Waals surface area contributed by atoms with Crippen LogP contribution in [0.15, 0.2) is 54.6 Å². The molecule has 2 amide bonds. The summed E-state index contributed by atoms with van der Waals surface area (Å²) in [5.41, 5.74) is 2.67. The number of anilines is 2. The first kappa shape index (κ1) is 20.5. The minimum absolute atomic E-state index is 0.0525. The largest absolute Gasteiger partial charge is 0.385 e. The topological polar surface area (TPSA) is 61.4 Å². The molecule has 1 saturated carbocycles. The number of likely N-dealkylation sites (tertiary alicyclic amines) is 1. The van der Waals surface area contributed by atoms with Crippen molar-refractivity contribution >= 4 is 23.2 Å². The fraction of sp³-hybridized carbons (Fsp3) is 0.440. The summed E-state index contributed by atoms with van der Waals surface area (Å²) in [7, 11) is 0. The molecule has 0 bridgehead atoms. The molecule has 1 atom stereocenters. The number of benzene rings is 2. The molecule has 1 saturated heterocycles. The summed E-state index contributed by atoms with van der Waals surface area (Å²) in [6, 6.07) is 16.9. The Balaban J connectivity index is 1.43. The summed E-state index contributed by atoms with van der Waals surface area (Å²) < 4.78 is 0. The lowest BCUT2D eigenvalue weighted by Crippen LogP contribution is -2.43. The van der Waals surface area contributed by atoms with Crippen LogP contribution in [0.3, 0.4) is 0 Å². The monoisotopic (exact) mass is 405 g/mol. The summed E-state index contributed by atoms with van der Waals surface area (Å²) in [5.74, 6) is 0.665. The number of rotatable bonds is 7. The minimum atomic E-state index is -0.598. The Morgan fingerprint density at radius 1 is 0.933 bits per heavy atom. The van der Waals surface area contributed by atoms with E-state index in [9.17, 15) is 9.59 Å². The van der Waals surface area contributed by atoms with Crippen LogP contribution in [0.4, 0.5) is 11.4 Å². The Hall–Kier alpha value is -2.82. The molecule has 5 heteroatoms. The molecule has 2 aliphatic rings. The number of hydrogen-bond acceptors (Lipinski definition) is 3. The molecule has 0 spiro atoms. The van der Waals surface area contributed by atoms with Crippen LogP contribution < -0.4 is 10.6 Å². The molecule has 0 aromatic heterocycles. The van der Waals surface area contributed by atoms with Gasteiger partial charge < -0.3 is 15.5 Å². The molecule has 1 aliphatic carbocycles. The van der Waals surface area contributed by atoms with Gasteiger partial charge in [-0.25, -0.2) is 0 Å². The normalized spacial score (nSPS) is 18.3. The van der Waals surface area contributed by atoms with E-state index in [-0.39, 0.29) is 11.8 Å². The van der Waals surface area contributed by atoms with Crippen LogP contribution >= 0.6 is 0 Å². The fourth-order valence-electron chi connectivity index (χ4n) is 4.57. The van der Waals surface area contributed by atoms with Crippen molar-refractivity contribution in [3.63, 3.8) is 0 Å². The van der Waals surface area contributed by atoms with Gasteiger partial charge in [0.1, 0.15) is 6.04 Å². The lowest BCUT2D eigenvalue weighted by atomic mass is 10.0. The van der Waals surface area contributed by atoms with Crippen LogP contribution in [-0.4, -0.2) is 29.8 Å². The van der Waals surface area contributed by atoms with Gasteiger partial charge in [-0.3, -0.25) is 9.59 Å². The molecule has 1 aliphatic heterocycles. The Labute approximate surface area is 178 Å². The zero-order valence-corrected chi connectivity index (χ0v) is 17.5. The summed E-state index contributed by atoms with van der Waals surface area (Å²) in [4.78, 5) is 27.5. The van der Waals surface area contributed by atoms with E-state index in [2.05, 4.69) is 10.6 Å². The van der Waals surface area contributed by atoms with Gasteiger partial charge in [0, 0.05) is 30.9 Å². The second-order valence-electron chi connectivity index (χ2n) is 8.46. The van der Waals surface area contributed by atoms with E-state index in [1.807, 2.05) is 54.6 Å². The molecular weight excluding hydrogens is 374 g/mol. The van der Waals surface area contributed by atoms with Gasteiger partial charge in [0.05, 0.1) is 0 Å². The van der Waals surface area contributed by atoms with Crippen molar-refractivity contribution in [3.05, 3.63) is 60.2 Å². The Kier molecular flexibility index (Phi) is 6.67. The number of carbonyl (C=O) groups is 2. The lowest BCUT2D eigenvalue weighted by Gasteiger charge is -2.34. The number of nitrogens with one attached hydrogen (secondary N) is 2. The van der Waals surface area contributed by atoms with Crippen molar-refractivity contribution < 1.29 is 9.59 Å². The van der Waals surface area contributed by atoms with Crippen LogP contribution in [0.25, 0.3) is 0 Å². The third-order valence-corrected chi connectivity index (χ3v) is 6.26. The molecule has 1 heterocycles. The molecule has 2 aromatic rings. The van der Waals surface area contributed by atoms with Crippen LogP contribution in [0.1, 0.15) is 56.6 Å². The summed E-state index contributed by atoms with van der Waals surface area (Å²) in [6.45, 7) is 1.63. The molecule has 2 fully saturated rings. The number of piperidine rings is 1. The van der Waals surface area contributed by atoms with Crippen molar-refractivity contribution in [1.82, 2.24) is 4.90 Å². The highest BCUT2D eigenvalue weighted by Gasteiger charge is 2.32. The van der Waals surface area contributed by atoms with Gasteiger partial charge in [0.25, 0.3) is 5.91 Å². The van der Waals surface area contributed by atoms with E-state index >= 15 is 0 Å². The third-order valence-electron chi connectivity index (χ3n) is 6.26. The number of nitrogens with zero attached hydrogens (tertiary/aromatic N) is 1. The first-order valence-electron chi connectivity index (χ1n) is 11.2. The maximum atomic E-state index is 13.2. The predicted molar refractivity (Wildman–Crippen MR) is 120 cm³/mol. The molecule has 1 unspecified atom stereocenters. The van der Waals surface area contributed by atoms with E-state index in [4.69, 9.17) is 0 Å². The SMILES string of the molecule is O=C(Nc1ccc(NCC2CCCC2)cc1)C(c1ccccc1)N1CCCCC1=O. The van der Waals surface area contributed by atoms with Crippen molar-refractivity contribution in [1.29, 1.82) is 0 Å². The van der Waals surface area contributed by atoms with Crippen LogP contribution in [0.2, 0.25) is 0 Å². The molecule has 30 heavy (non-hydrogen) atoms. The summed E-state index contributed by atoms with van der Waals surface area (Å²) >= 11 is 0. The number of amides is 2. The Morgan fingerprint density at radius 2 is 1.63 bits per heavy atom. The fourth-order valence-corrected chi connectivity index (χ4v) is 4.57. The van der Waals surface area contributed by atoms with Gasteiger partial charge in [0.2, 0.25) is 5.91 Å². The van der Waals surface area contributed by atoms with Gasteiger partial charge in [-0.2, -0.15) is 0 Å². The van der Waals surface area contributed by atoms with Crippen LogP contribution in [0.5, 0.6) is 0 Å². The van der Waals surface area contributed by atoms with Crippen molar-refractivity contribution in [2.24, 2.45) is 5.92 Å². The zero-order valence-electron chi connectivity index (χ0n) is 17.5. The van der Waals surface area contributed by atoms with E-state index in [0.29, 0.717) is 13.0 Å². The molecular formula is C25H31N3O2. The summed E-state index contributed by atoms with van der Waals surface area (Å²) in [6.07, 6.45) is 7.67. The highest BCUT2D eigenvalue weighted by Crippen LogP contribution is 2.28. The molecule has 2 aromatic carbocycles. The molecule has 5 nitrogen and oxygen atoms in total.